The van der Waals surface area contributed by atoms with Crippen LogP contribution in [0.5, 0.6) is 0 Å². The Kier molecular flexibility index (Phi) is 2.97. The van der Waals surface area contributed by atoms with E-state index in [0.717, 1.165) is 21.1 Å². The largest absolute Gasteiger partial charge is 0.478 e. The van der Waals surface area contributed by atoms with Crippen LogP contribution in [0.2, 0.25) is 0 Å². The lowest BCUT2D eigenvalue weighted by Crippen LogP contribution is -1.94. The van der Waals surface area contributed by atoms with E-state index in [0.29, 0.717) is 0 Å². The number of benzene rings is 2. The van der Waals surface area contributed by atoms with Crippen LogP contribution in [0.25, 0.3) is 11.0 Å². The van der Waals surface area contributed by atoms with E-state index in [9.17, 15) is 4.79 Å². The van der Waals surface area contributed by atoms with Gasteiger partial charge in [-0.25, -0.2) is 9.78 Å². The number of aromatic amines is 1. The minimum atomic E-state index is -0.916. The highest BCUT2D eigenvalue weighted by molar-refractivity contribution is 7.99. The Labute approximate surface area is 113 Å². The summed E-state index contributed by atoms with van der Waals surface area (Å²) in [4.78, 5) is 19.4. The molecule has 19 heavy (non-hydrogen) atoms. The van der Waals surface area contributed by atoms with Gasteiger partial charge in [-0.2, -0.15) is 0 Å². The van der Waals surface area contributed by atoms with Gasteiger partial charge >= 0.3 is 5.97 Å². The zero-order valence-electron chi connectivity index (χ0n) is 9.83. The molecule has 0 aliphatic heterocycles. The zero-order chi connectivity index (χ0) is 13.2. The van der Waals surface area contributed by atoms with Gasteiger partial charge in [0.15, 0.2) is 5.16 Å². The number of para-hydroxylation sites is 2. The summed E-state index contributed by atoms with van der Waals surface area (Å²) in [5.74, 6) is -0.916. The standard InChI is InChI=1S/C14H10N2O2S/c17-13(18)9-5-7-10(8-6-9)19-14-15-11-3-1-2-4-12(11)16-14/h1-8H,(H,15,16)(H,17,18). The monoisotopic (exact) mass is 270 g/mol. The number of hydrogen-bond acceptors (Lipinski definition) is 3. The van der Waals surface area contributed by atoms with E-state index >= 15 is 0 Å². The molecule has 0 unspecified atom stereocenters. The summed E-state index contributed by atoms with van der Waals surface area (Å²) in [6, 6.07) is 14.6. The van der Waals surface area contributed by atoms with Crippen molar-refractivity contribution >= 4 is 28.8 Å². The zero-order valence-corrected chi connectivity index (χ0v) is 10.6. The van der Waals surface area contributed by atoms with E-state index in [-0.39, 0.29) is 5.56 Å². The Bertz CT molecular complexity index is 702. The first-order chi connectivity index (χ1) is 9.22. The lowest BCUT2D eigenvalue weighted by Gasteiger charge is -1.98. The van der Waals surface area contributed by atoms with Crippen LogP contribution >= 0.6 is 11.8 Å². The number of nitrogens with zero attached hydrogens (tertiary/aromatic N) is 1. The molecule has 0 aliphatic rings. The van der Waals surface area contributed by atoms with Crippen LogP contribution in [0.15, 0.2) is 58.6 Å². The fourth-order valence-electron chi connectivity index (χ4n) is 1.75. The number of nitrogens with one attached hydrogen (secondary N) is 1. The number of carbonyl (C=O) groups is 1. The summed E-state index contributed by atoms with van der Waals surface area (Å²) in [6.07, 6.45) is 0. The summed E-state index contributed by atoms with van der Waals surface area (Å²) in [5, 5.41) is 9.63. The van der Waals surface area contributed by atoms with Gasteiger partial charge in [-0.1, -0.05) is 23.9 Å². The molecule has 3 aromatic rings. The number of hydrogen-bond donors (Lipinski definition) is 2. The topological polar surface area (TPSA) is 66.0 Å². The molecule has 4 nitrogen and oxygen atoms in total. The molecule has 0 saturated heterocycles. The molecule has 5 heteroatoms. The summed E-state index contributed by atoms with van der Waals surface area (Å²) >= 11 is 1.47. The second-order valence-electron chi connectivity index (χ2n) is 3.99. The molecule has 0 fully saturated rings. The first-order valence-electron chi connectivity index (χ1n) is 5.68. The molecule has 0 amide bonds. The van der Waals surface area contributed by atoms with E-state index in [2.05, 4.69) is 9.97 Å². The second-order valence-corrected chi connectivity index (χ2v) is 5.05. The van der Waals surface area contributed by atoms with Crippen LogP contribution in [0, 0.1) is 0 Å². The Balaban J connectivity index is 1.86. The second kappa shape index (κ2) is 4.78. The quantitative estimate of drug-likeness (QED) is 0.765. The third-order valence-electron chi connectivity index (χ3n) is 2.68. The summed E-state index contributed by atoms with van der Waals surface area (Å²) < 4.78 is 0. The Hall–Kier alpha value is -2.27. The van der Waals surface area contributed by atoms with Gasteiger partial charge in [-0.3, -0.25) is 0 Å². The van der Waals surface area contributed by atoms with Crippen molar-refractivity contribution in [2.24, 2.45) is 0 Å². The van der Waals surface area contributed by atoms with Crippen LogP contribution in [-0.2, 0) is 0 Å². The van der Waals surface area contributed by atoms with Crippen LogP contribution < -0.4 is 0 Å². The first-order valence-corrected chi connectivity index (χ1v) is 6.50. The molecular weight excluding hydrogens is 260 g/mol. The van der Waals surface area contributed by atoms with E-state index in [1.54, 1.807) is 24.3 Å². The van der Waals surface area contributed by atoms with Gasteiger partial charge < -0.3 is 10.1 Å². The van der Waals surface area contributed by atoms with E-state index < -0.39 is 5.97 Å². The molecule has 0 atom stereocenters. The molecule has 1 heterocycles. The molecular formula is C14H10N2O2S. The highest BCUT2D eigenvalue weighted by Gasteiger charge is 2.06. The van der Waals surface area contributed by atoms with Crippen LogP contribution in [-0.4, -0.2) is 21.0 Å². The van der Waals surface area contributed by atoms with Crippen molar-refractivity contribution in [1.82, 2.24) is 9.97 Å². The SMILES string of the molecule is O=C(O)c1ccc(Sc2nc3ccccc3[nH]2)cc1. The minimum Gasteiger partial charge on any atom is -0.478 e. The summed E-state index contributed by atoms with van der Waals surface area (Å²) in [6.45, 7) is 0. The van der Waals surface area contributed by atoms with Crippen molar-refractivity contribution in [3.8, 4) is 0 Å². The average Bonchev–Trinajstić information content (AvgIpc) is 2.81. The molecule has 2 N–H and O–H groups in total. The van der Waals surface area contributed by atoms with E-state index in [1.807, 2.05) is 24.3 Å². The molecule has 1 aromatic heterocycles. The minimum absolute atomic E-state index is 0.286. The normalized spacial score (nSPS) is 10.7. The number of rotatable bonds is 3. The molecule has 0 bridgehead atoms. The van der Waals surface area contributed by atoms with Crippen molar-refractivity contribution in [2.45, 2.75) is 10.1 Å². The number of carboxylic acids is 1. The van der Waals surface area contributed by atoms with Gasteiger partial charge in [0.05, 0.1) is 16.6 Å². The van der Waals surface area contributed by atoms with Crippen molar-refractivity contribution in [3.63, 3.8) is 0 Å². The maximum atomic E-state index is 10.8. The number of imidazole rings is 1. The number of carboxylic acid groups (broad SMARTS) is 1. The fourth-order valence-corrected chi connectivity index (χ4v) is 2.56. The number of aromatic nitrogens is 2. The maximum Gasteiger partial charge on any atom is 0.335 e. The molecule has 0 saturated carbocycles. The lowest BCUT2D eigenvalue weighted by molar-refractivity contribution is 0.0697. The highest BCUT2D eigenvalue weighted by Crippen LogP contribution is 2.27. The van der Waals surface area contributed by atoms with Crippen LogP contribution in [0.4, 0.5) is 0 Å². The van der Waals surface area contributed by atoms with Crippen molar-refractivity contribution in [3.05, 3.63) is 54.1 Å². The summed E-state index contributed by atoms with van der Waals surface area (Å²) in [7, 11) is 0. The fraction of sp³-hybridized carbons (Fsp3) is 0. The van der Waals surface area contributed by atoms with E-state index in [4.69, 9.17) is 5.11 Å². The van der Waals surface area contributed by atoms with Gasteiger partial charge in [0, 0.05) is 4.90 Å². The van der Waals surface area contributed by atoms with Crippen LogP contribution in [0.3, 0.4) is 0 Å². The third kappa shape index (κ3) is 2.46. The molecule has 3 rings (SSSR count). The summed E-state index contributed by atoms with van der Waals surface area (Å²) in [5.41, 5.74) is 2.20. The predicted molar refractivity (Wildman–Crippen MR) is 73.6 cm³/mol. The Morgan fingerprint density at radius 2 is 1.84 bits per heavy atom. The van der Waals surface area contributed by atoms with Crippen molar-refractivity contribution < 1.29 is 9.90 Å². The third-order valence-corrected chi connectivity index (χ3v) is 3.58. The predicted octanol–water partition coefficient (Wildman–Crippen LogP) is 3.41. The average molecular weight is 270 g/mol. The van der Waals surface area contributed by atoms with Gasteiger partial charge in [0.1, 0.15) is 0 Å². The Morgan fingerprint density at radius 3 is 2.53 bits per heavy atom. The van der Waals surface area contributed by atoms with Crippen LogP contribution in [0.1, 0.15) is 10.4 Å². The molecule has 2 aromatic carbocycles. The Morgan fingerprint density at radius 1 is 1.11 bits per heavy atom. The highest BCUT2D eigenvalue weighted by atomic mass is 32.2. The maximum absolute atomic E-state index is 10.8. The first kappa shape index (κ1) is 11.8. The van der Waals surface area contributed by atoms with Crippen molar-refractivity contribution in [1.29, 1.82) is 0 Å². The van der Waals surface area contributed by atoms with Gasteiger partial charge in [0.2, 0.25) is 0 Å². The smallest absolute Gasteiger partial charge is 0.335 e. The van der Waals surface area contributed by atoms with Gasteiger partial charge in [-0.15, -0.1) is 0 Å². The molecule has 0 radical (unpaired) electrons. The number of fused-ring (bicyclic) bond motifs is 1. The van der Waals surface area contributed by atoms with Crippen molar-refractivity contribution in [2.75, 3.05) is 0 Å². The molecule has 0 aliphatic carbocycles. The number of H-pyrrole nitrogens is 1. The van der Waals surface area contributed by atoms with Gasteiger partial charge in [-0.05, 0) is 36.4 Å². The van der Waals surface area contributed by atoms with E-state index in [1.165, 1.54) is 11.8 Å². The lowest BCUT2D eigenvalue weighted by atomic mass is 10.2. The molecule has 94 valence electrons. The molecule has 0 spiro atoms. The van der Waals surface area contributed by atoms with Gasteiger partial charge in [0.25, 0.3) is 0 Å². The number of aromatic carboxylic acids is 1.